The van der Waals surface area contributed by atoms with Gasteiger partial charge in [-0.1, -0.05) is 84.3 Å². The molecule has 0 N–H and O–H groups in total. The molecule has 0 saturated carbocycles. The van der Waals surface area contributed by atoms with Gasteiger partial charge >= 0.3 is 9.08 Å². The molecule has 0 aliphatic heterocycles. The van der Waals surface area contributed by atoms with Crippen molar-refractivity contribution in [2.45, 2.75) is 98.5 Å². The maximum atomic E-state index is 12.3. The summed E-state index contributed by atoms with van der Waals surface area (Å²) in [6.07, 6.45) is 12.3. The Kier molecular flexibility index (Phi) is 12.9. The highest BCUT2D eigenvalue weighted by Crippen LogP contribution is 2.23. The Hall–Kier alpha value is -0.253. The second kappa shape index (κ2) is 13.0. The number of rotatable bonds is 14. The molecule has 0 nitrogen and oxygen atoms in total. The molecule has 0 aliphatic rings. The number of hydrogen-bond donors (Lipinski definition) is 0. The summed E-state index contributed by atoms with van der Waals surface area (Å²) in [5.74, 6) is 2.33. The molecule has 0 aromatic rings. The second-order valence-electron chi connectivity index (χ2n) is 8.23. The number of allylic oxidation sites excluding steroid dienone is 2. The van der Waals surface area contributed by atoms with E-state index in [1.807, 2.05) is 6.92 Å². The number of hydrogen-bond acceptors (Lipinski definition) is 0. The Balaban J connectivity index is 3.67. The maximum absolute atomic E-state index is 12.3. The van der Waals surface area contributed by atoms with Crippen molar-refractivity contribution in [1.82, 2.24) is 0 Å². The van der Waals surface area contributed by atoms with Gasteiger partial charge in [-0.3, -0.25) is 0 Å². The van der Waals surface area contributed by atoms with Crippen LogP contribution >= 0.6 is 0 Å². The van der Waals surface area contributed by atoms with Crippen LogP contribution in [0.5, 0.6) is 0 Å². The maximum Gasteiger partial charge on any atom is 0.620 e. The van der Waals surface area contributed by atoms with Gasteiger partial charge in [0.05, 0.1) is 0 Å². The van der Waals surface area contributed by atoms with Crippen molar-refractivity contribution in [2.75, 3.05) is 0 Å². The zero-order chi connectivity index (χ0) is 18.6. The molecule has 0 heterocycles. The molecule has 0 aromatic heterocycles. The minimum absolute atomic E-state index is 0.650. The van der Waals surface area contributed by atoms with E-state index in [0.29, 0.717) is 5.92 Å². The molecule has 24 heavy (non-hydrogen) atoms. The first-order chi connectivity index (χ1) is 11.1. The molecule has 0 aliphatic carbocycles. The van der Waals surface area contributed by atoms with E-state index in [9.17, 15) is 12.3 Å². The van der Waals surface area contributed by atoms with E-state index in [-0.39, 0.29) is 0 Å². The van der Waals surface area contributed by atoms with Gasteiger partial charge in [0, 0.05) is 6.04 Å². The third kappa shape index (κ3) is 16.6. The average Bonchev–Trinajstić information content (AvgIpc) is 2.44. The van der Waals surface area contributed by atoms with Crippen molar-refractivity contribution in [3.05, 3.63) is 11.6 Å². The lowest BCUT2D eigenvalue weighted by Gasteiger charge is -2.15. The standard InChI is InChI=1S/C20H39F3Si/c1-17(2)9-6-10-18(3)11-7-12-19(4)13-8-14-20(5)15-16-24(21,22)23/h15,17-19H,6-14,16H2,1-5H3/b20-15+/t18-,19-/m1/s1. The molecule has 0 aromatic carbocycles. The first-order valence-corrected chi connectivity index (χ1v) is 11.7. The summed E-state index contributed by atoms with van der Waals surface area (Å²) in [4.78, 5) is 0. The molecule has 144 valence electrons. The SMILES string of the molecule is C/C(=C\C[Si](F)(F)F)CCC[C@H](C)CCC[C@H](C)CCCC(C)C. The zero-order valence-electron chi connectivity index (χ0n) is 16.5. The van der Waals surface area contributed by atoms with E-state index >= 15 is 0 Å². The fraction of sp³-hybridized carbons (Fsp3) is 0.900. The fourth-order valence-corrected chi connectivity index (χ4v) is 3.68. The van der Waals surface area contributed by atoms with Gasteiger partial charge in [0.1, 0.15) is 0 Å². The Morgan fingerprint density at radius 2 is 1.25 bits per heavy atom. The predicted molar refractivity (Wildman–Crippen MR) is 102 cm³/mol. The van der Waals surface area contributed by atoms with Crippen LogP contribution in [0.2, 0.25) is 6.04 Å². The highest BCUT2D eigenvalue weighted by molar-refractivity contribution is 6.58. The molecule has 0 radical (unpaired) electrons. The molecular formula is C20H39F3Si. The van der Waals surface area contributed by atoms with E-state index in [1.54, 1.807) is 0 Å². The van der Waals surface area contributed by atoms with Crippen molar-refractivity contribution in [3.8, 4) is 0 Å². The van der Waals surface area contributed by atoms with Crippen molar-refractivity contribution < 1.29 is 12.3 Å². The summed E-state index contributed by atoms with van der Waals surface area (Å²) in [5.41, 5.74) is 0.908. The summed E-state index contributed by atoms with van der Waals surface area (Å²) in [7, 11) is -5.40. The lowest BCUT2D eigenvalue weighted by atomic mass is 9.91. The van der Waals surface area contributed by atoms with E-state index in [0.717, 1.165) is 36.7 Å². The summed E-state index contributed by atoms with van der Waals surface area (Å²) >= 11 is 0. The molecule has 0 spiro atoms. The van der Waals surface area contributed by atoms with Crippen molar-refractivity contribution >= 4 is 9.08 Å². The minimum atomic E-state index is -5.40. The Labute approximate surface area is 149 Å². The normalized spacial score (nSPS) is 15.8. The Bertz CT molecular complexity index is 334. The summed E-state index contributed by atoms with van der Waals surface area (Å²) in [5, 5.41) is 0. The third-order valence-corrected chi connectivity index (χ3v) is 5.49. The van der Waals surface area contributed by atoms with Crippen LogP contribution in [-0.4, -0.2) is 9.08 Å². The van der Waals surface area contributed by atoms with Crippen LogP contribution in [0.4, 0.5) is 12.3 Å². The molecule has 0 rings (SSSR count). The summed E-state index contributed by atoms with van der Waals surface area (Å²) in [6.45, 7) is 11.1. The predicted octanol–water partition coefficient (Wildman–Crippen LogP) is 8.22. The van der Waals surface area contributed by atoms with Crippen LogP contribution in [0.25, 0.3) is 0 Å². The van der Waals surface area contributed by atoms with E-state index < -0.39 is 15.1 Å². The van der Waals surface area contributed by atoms with Gasteiger partial charge in [-0.15, -0.1) is 0 Å². The van der Waals surface area contributed by atoms with Crippen LogP contribution < -0.4 is 0 Å². The average molecular weight is 365 g/mol. The Morgan fingerprint density at radius 3 is 1.71 bits per heavy atom. The van der Waals surface area contributed by atoms with Gasteiger partial charge in [-0.05, 0) is 37.5 Å². The van der Waals surface area contributed by atoms with Gasteiger partial charge in [0.2, 0.25) is 0 Å². The van der Waals surface area contributed by atoms with Crippen LogP contribution in [0.1, 0.15) is 92.4 Å². The molecule has 2 atom stereocenters. The van der Waals surface area contributed by atoms with Gasteiger partial charge in [-0.25, -0.2) is 12.3 Å². The molecular weight excluding hydrogens is 325 g/mol. The molecule has 4 heteroatoms. The monoisotopic (exact) mass is 364 g/mol. The van der Waals surface area contributed by atoms with E-state index in [4.69, 9.17) is 0 Å². The lowest BCUT2D eigenvalue weighted by molar-refractivity contribution is 0.389. The minimum Gasteiger partial charge on any atom is -0.237 e. The lowest BCUT2D eigenvalue weighted by Crippen LogP contribution is -2.12. The first kappa shape index (κ1) is 23.7. The van der Waals surface area contributed by atoms with Crippen molar-refractivity contribution in [2.24, 2.45) is 17.8 Å². The molecule has 0 saturated heterocycles. The molecule has 0 unspecified atom stereocenters. The molecule has 0 bridgehead atoms. The Morgan fingerprint density at radius 1 is 0.792 bits per heavy atom. The van der Waals surface area contributed by atoms with Gasteiger partial charge in [0.25, 0.3) is 0 Å². The summed E-state index contributed by atoms with van der Waals surface area (Å²) < 4.78 is 36.8. The van der Waals surface area contributed by atoms with Gasteiger partial charge in [0.15, 0.2) is 0 Å². The van der Waals surface area contributed by atoms with Crippen LogP contribution in [-0.2, 0) is 0 Å². The quantitative estimate of drug-likeness (QED) is 0.165. The second-order valence-corrected chi connectivity index (χ2v) is 9.87. The first-order valence-electron chi connectivity index (χ1n) is 9.82. The highest BCUT2D eigenvalue weighted by atomic mass is 28.5. The van der Waals surface area contributed by atoms with Crippen LogP contribution in [0, 0.1) is 17.8 Å². The van der Waals surface area contributed by atoms with Gasteiger partial charge < -0.3 is 0 Å². The summed E-state index contributed by atoms with van der Waals surface area (Å²) in [6, 6.07) is -0.650. The van der Waals surface area contributed by atoms with E-state index in [1.165, 1.54) is 44.6 Å². The van der Waals surface area contributed by atoms with Crippen molar-refractivity contribution in [1.29, 1.82) is 0 Å². The zero-order valence-corrected chi connectivity index (χ0v) is 17.5. The van der Waals surface area contributed by atoms with Crippen molar-refractivity contribution in [3.63, 3.8) is 0 Å². The molecule has 0 amide bonds. The largest absolute Gasteiger partial charge is 0.620 e. The van der Waals surface area contributed by atoms with E-state index in [2.05, 4.69) is 27.7 Å². The van der Waals surface area contributed by atoms with Crippen LogP contribution in [0.15, 0.2) is 11.6 Å². The van der Waals surface area contributed by atoms with Gasteiger partial charge in [-0.2, -0.15) is 0 Å². The number of halogens is 3. The highest BCUT2D eigenvalue weighted by Gasteiger charge is 2.34. The smallest absolute Gasteiger partial charge is 0.237 e. The van der Waals surface area contributed by atoms with Crippen LogP contribution in [0.3, 0.4) is 0 Å². The molecule has 0 fully saturated rings. The third-order valence-electron chi connectivity index (χ3n) is 4.82. The topological polar surface area (TPSA) is 0 Å². The fourth-order valence-electron chi connectivity index (χ4n) is 3.10.